The van der Waals surface area contributed by atoms with Crippen LogP contribution in [0, 0.1) is 12.7 Å². The van der Waals surface area contributed by atoms with E-state index in [2.05, 4.69) is 19.7 Å². The number of hydrogen-bond acceptors (Lipinski definition) is 9. The number of hydrogen-bond donors (Lipinski definition) is 0. The second-order valence-electron chi connectivity index (χ2n) is 11.8. The Hall–Kier alpha value is -4.39. The zero-order chi connectivity index (χ0) is 31.7. The smallest absolute Gasteiger partial charge is 0.297 e. The molecule has 3 aromatic heterocycles. The third kappa shape index (κ3) is 6.33. The van der Waals surface area contributed by atoms with Crippen LogP contribution in [0.15, 0.2) is 90.0 Å². The molecule has 2 fully saturated rings. The molecule has 10 nitrogen and oxygen atoms in total. The summed E-state index contributed by atoms with van der Waals surface area (Å²) in [5, 5.41) is 4.98. The lowest BCUT2D eigenvalue weighted by Crippen LogP contribution is -2.47. The highest BCUT2D eigenvalue weighted by atomic mass is 32.2. The van der Waals surface area contributed by atoms with Crippen LogP contribution in [-0.2, 0) is 14.3 Å². The molecule has 0 radical (unpaired) electrons. The van der Waals surface area contributed by atoms with Gasteiger partial charge in [-0.2, -0.15) is 8.42 Å². The highest BCUT2D eigenvalue weighted by Crippen LogP contribution is 2.36. The number of rotatable bonds is 9. The maximum Gasteiger partial charge on any atom is 0.297 e. The molecule has 2 aliphatic rings. The molecule has 2 saturated heterocycles. The summed E-state index contributed by atoms with van der Waals surface area (Å²) in [6, 6.07) is 23.5. The number of pyridine rings is 1. The third-order valence-electron chi connectivity index (χ3n) is 8.78. The summed E-state index contributed by atoms with van der Waals surface area (Å²) in [6.45, 7) is 6.44. The van der Waals surface area contributed by atoms with Gasteiger partial charge in [-0.05, 0) is 73.9 Å². The molecule has 2 aromatic carbocycles. The van der Waals surface area contributed by atoms with Gasteiger partial charge in [0.05, 0.1) is 29.4 Å². The number of imidazole rings is 1. The fourth-order valence-electron chi connectivity index (χ4n) is 6.28. The van der Waals surface area contributed by atoms with Crippen molar-refractivity contribution >= 4 is 27.4 Å². The van der Waals surface area contributed by atoms with Crippen molar-refractivity contribution < 1.29 is 17.0 Å². The molecule has 0 saturated carbocycles. The summed E-state index contributed by atoms with van der Waals surface area (Å²) in [5.74, 6) is 1.46. The van der Waals surface area contributed by atoms with Gasteiger partial charge in [0, 0.05) is 39.3 Å². The molecule has 1 atom stereocenters. The fraction of sp³-hybridized carbons (Fsp3) is 0.324. The Bertz CT molecular complexity index is 1940. The van der Waals surface area contributed by atoms with E-state index in [4.69, 9.17) is 14.3 Å². The van der Waals surface area contributed by atoms with E-state index < -0.39 is 10.1 Å². The molecule has 0 N–H and O–H groups in total. The minimum Gasteiger partial charge on any atom is -0.354 e. The lowest BCUT2D eigenvalue weighted by atomic mass is 10.0. The van der Waals surface area contributed by atoms with Gasteiger partial charge in [0.1, 0.15) is 23.1 Å². The Labute approximate surface area is 268 Å². The van der Waals surface area contributed by atoms with Crippen molar-refractivity contribution in [2.24, 2.45) is 0 Å². The van der Waals surface area contributed by atoms with Crippen LogP contribution < -0.4 is 9.80 Å². The maximum absolute atomic E-state index is 14.0. The van der Waals surface area contributed by atoms with Crippen molar-refractivity contribution in [2.75, 3.05) is 55.7 Å². The van der Waals surface area contributed by atoms with Gasteiger partial charge in [0.15, 0.2) is 5.65 Å². The normalized spacial score (nSPS) is 17.7. The summed E-state index contributed by atoms with van der Waals surface area (Å²) in [4.78, 5) is 16.4. The van der Waals surface area contributed by atoms with Gasteiger partial charge < -0.3 is 9.80 Å². The third-order valence-corrected chi connectivity index (χ3v) is 10.1. The van der Waals surface area contributed by atoms with E-state index in [1.165, 1.54) is 6.07 Å². The van der Waals surface area contributed by atoms with E-state index >= 15 is 0 Å². The Balaban J connectivity index is 1.01. The minimum atomic E-state index is -3.77. The van der Waals surface area contributed by atoms with Crippen LogP contribution in [0.2, 0.25) is 0 Å². The number of piperazine rings is 1. The van der Waals surface area contributed by atoms with Crippen LogP contribution in [0.25, 0.3) is 17.0 Å². The van der Waals surface area contributed by atoms with E-state index in [0.717, 1.165) is 85.4 Å². The second-order valence-corrected chi connectivity index (χ2v) is 13.4. The van der Waals surface area contributed by atoms with E-state index in [1.807, 2.05) is 47.8 Å². The molecule has 12 heteroatoms. The minimum absolute atomic E-state index is 0.0666. The lowest BCUT2D eigenvalue weighted by molar-refractivity contribution is 0.203. The highest BCUT2D eigenvalue weighted by molar-refractivity contribution is 7.86. The zero-order valence-electron chi connectivity index (χ0n) is 25.7. The van der Waals surface area contributed by atoms with E-state index in [0.29, 0.717) is 6.54 Å². The Kier molecular flexibility index (Phi) is 8.41. The second kappa shape index (κ2) is 12.8. The first-order chi connectivity index (χ1) is 22.3. The monoisotopic (exact) mass is 641 g/mol. The quantitative estimate of drug-likeness (QED) is 0.204. The van der Waals surface area contributed by atoms with Crippen molar-refractivity contribution in [2.45, 2.75) is 30.7 Å². The van der Waals surface area contributed by atoms with Crippen LogP contribution in [0.5, 0.6) is 0 Å². The predicted molar refractivity (Wildman–Crippen MR) is 175 cm³/mol. The number of anilines is 2. The van der Waals surface area contributed by atoms with Crippen molar-refractivity contribution in [3.63, 3.8) is 0 Å². The van der Waals surface area contributed by atoms with Gasteiger partial charge >= 0.3 is 0 Å². The molecule has 5 aromatic rings. The summed E-state index contributed by atoms with van der Waals surface area (Å²) in [7, 11) is -3.77. The van der Waals surface area contributed by atoms with Crippen molar-refractivity contribution in [1.29, 1.82) is 0 Å². The fourth-order valence-corrected chi connectivity index (χ4v) is 7.18. The van der Waals surface area contributed by atoms with E-state index in [-0.39, 0.29) is 23.4 Å². The van der Waals surface area contributed by atoms with Crippen LogP contribution in [0.3, 0.4) is 0 Å². The standard InChI is InChI=1S/C34H36FN7O3S/c1-25-10-12-28(13-11-25)46(43,44)45-22-21-39-17-19-40(20-18-39)33-9-3-7-29(37-33)31-24-36-32-14-15-34(38-42(31)32)41-16-4-8-30(41)26-5-2-6-27(35)23-26/h2-3,5-7,9-15,23-24,30H,4,8,16-22H2,1H3. The Morgan fingerprint density at radius 2 is 1.72 bits per heavy atom. The largest absolute Gasteiger partial charge is 0.354 e. The number of aromatic nitrogens is 4. The van der Waals surface area contributed by atoms with Crippen LogP contribution in [0.4, 0.5) is 16.0 Å². The Morgan fingerprint density at radius 3 is 2.52 bits per heavy atom. The van der Waals surface area contributed by atoms with Crippen LogP contribution in [0.1, 0.15) is 30.0 Å². The predicted octanol–water partition coefficient (Wildman–Crippen LogP) is 5.11. The first-order valence-corrected chi connectivity index (χ1v) is 17.0. The molecule has 46 heavy (non-hydrogen) atoms. The first-order valence-electron chi connectivity index (χ1n) is 15.6. The molecule has 0 bridgehead atoms. The maximum atomic E-state index is 14.0. The summed E-state index contributed by atoms with van der Waals surface area (Å²) >= 11 is 0. The van der Waals surface area contributed by atoms with Crippen molar-refractivity contribution in [3.8, 4) is 11.4 Å². The molecule has 1 unspecified atom stereocenters. The van der Waals surface area contributed by atoms with Crippen molar-refractivity contribution in [3.05, 3.63) is 102 Å². The van der Waals surface area contributed by atoms with Crippen molar-refractivity contribution in [1.82, 2.24) is 24.5 Å². The molecule has 2 aliphatic heterocycles. The highest BCUT2D eigenvalue weighted by Gasteiger charge is 2.28. The Morgan fingerprint density at radius 1 is 0.913 bits per heavy atom. The van der Waals surface area contributed by atoms with Crippen LogP contribution in [-0.4, -0.2) is 78.8 Å². The molecular weight excluding hydrogens is 605 g/mol. The number of benzene rings is 2. The topological polar surface area (TPSA) is 96.2 Å². The summed E-state index contributed by atoms with van der Waals surface area (Å²) < 4.78 is 46.2. The van der Waals surface area contributed by atoms with Gasteiger partial charge in [-0.3, -0.25) is 9.08 Å². The van der Waals surface area contributed by atoms with Gasteiger partial charge in [-0.15, -0.1) is 5.10 Å². The van der Waals surface area contributed by atoms with Gasteiger partial charge in [0.2, 0.25) is 0 Å². The van der Waals surface area contributed by atoms with E-state index in [1.54, 1.807) is 42.6 Å². The van der Waals surface area contributed by atoms with E-state index in [9.17, 15) is 12.8 Å². The molecule has 5 heterocycles. The molecule has 238 valence electrons. The summed E-state index contributed by atoms with van der Waals surface area (Å²) in [5.41, 5.74) is 4.25. The average molecular weight is 642 g/mol. The molecule has 7 rings (SSSR count). The number of fused-ring (bicyclic) bond motifs is 1. The van der Waals surface area contributed by atoms with Gasteiger partial charge in [-0.1, -0.05) is 35.9 Å². The van der Waals surface area contributed by atoms with Gasteiger partial charge in [-0.25, -0.2) is 18.9 Å². The molecule has 0 spiro atoms. The zero-order valence-corrected chi connectivity index (χ0v) is 26.5. The van der Waals surface area contributed by atoms with Gasteiger partial charge in [0.25, 0.3) is 10.1 Å². The molecule has 0 amide bonds. The summed E-state index contributed by atoms with van der Waals surface area (Å²) in [6.07, 6.45) is 3.75. The molecular formula is C34H36FN7O3S. The van der Waals surface area contributed by atoms with Crippen LogP contribution >= 0.6 is 0 Å². The lowest BCUT2D eigenvalue weighted by Gasteiger charge is -2.35. The number of halogens is 1. The average Bonchev–Trinajstić information content (AvgIpc) is 3.73. The SMILES string of the molecule is Cc1ccc(S(=O)(=O)OCCN2CCN(c3cccc(-c4cnc5ccc(N6CCCC6c6cccc(F)c6)nn45)n3)CC2)cc1. The number of nitrogens with zero attached hydrogens (tertiary/aromatic N) is 7. The first kappa shape index (κ1) is 30.3. The molecule has 0 aliphatic carbocycles. The number of aryl methyl sites for hydroxylation is 1.